The van der Waals surface area contributed by atoms with E-state index in [1.165, 1.54) is 0 Å². The number of nitrogens with zero attached hydrogens (tertiary/aromatic N) is 2. The Morgan fingerprint density at radius 2 is 2.05 bits per heavy atom. The van der Waals surface area contributed by atoms with E-state index >= 15 is 0 Å². The minimum Gasteiger partial charge on any atom is -0.446 e. The lowest BCUT2D eigenvalue weighted by Crippen LogP contribution is -2.01. The zero-order valence-corrected chi connectivity index (χ0v) is 13.2. The van der Waals surface area contributed by atoms with E-state index in [9.17, 15) is 8.42 Å². The zero-order chi connectivity index (χ0) is 16.2. The third-order valence-electron chi connectivity index (χ3n) is 3.25. The van der Waals surface area contributed by atoms with Gasteiger partial charge in [0.05, 0.1) is 17.2 Å². The number of oxazole rings is 1. The van der Waals surface area contributed by atoms with Crippen molar-refractivity contribution in [3.8, 4) is 6.07 Å². The second-order valence-electron chi connectivity index (χ2n) is 5.02. The quantitative estimate of drug-likeness (QED) is 0.791. The molecule has 1 heterocycles. The van der Waals surface area contributed by atoms with Crippen molar-refractivity contribution >= 4 is 9.84 Å². The summed E-state index contributed by atoms with van der Waals surface area (Å²) in [6.45, 7) is 3.87. The highest BCUT2D eigenvalue weighted by molar-refractivity contribution is 7.94. The lowest BCUT2D eigenvalue weighted by molar-refractivity contribution is 0.457. The second-order valence-corrected chi connectivity index (χ2v) is 6.85. The van der Waals surface area contributed by atoms with Gasteiger partial charge < -0.3 is 4.42 Å². The number of hydrogen-bond donors (Lipinski definition) is 0. The monoisotopic (exact) mass is 316 g/mol. The van der Waals surface area contributed by atoms with Crippen LogP contribution >= 0.6 is 0 Å². The van der Waals surface area contributed by atoms with E-state index in [2.05, 4.69) is 4.98 Å². The van der Waals surface area contributed by atoms with Crippen molar-refractivity contribution in [2.24, 2.45) is 0 Å². The molecule has 0 aliphatic carbocycles. The van der Waals surface area contributed by atoms with Gasteiger partial charge in [0.2, 0.25) is 9.84 Å². The first-order valence-electron chi connectivity index (χ1n) is 6.75. The van der Waals surface area contributed by atoms with Crippen LogP contribution in [0.25, 0.3) is 0 Å². The van der Waals surface area contributed by atoms with Crippen LogP contribution < -0.4 is 0 Å². The first-order valence-corrected chi connectivity index (χ1v) is 8.29. The molecule has 1 unspecified atom stereocenters. The molecule has 0 aliphatic rings. The first kappa shape index (κ1) is 16.0. The summed E-state index contributed by atoms with van der Waals surface area (Å²) in [4.78, 5) is 4.34. The number of allylic oxidation sites excluding steroid dienone is 1. The van der Waals surface area contributed by atoms with Crippen LogP contribution in [0.2, 0.25) is 0 Å². The predicted molar refractivity (Wildman–Crippen MR) is 81.7 cm³/mol. The third-order valence-corrected chi connectivity index (χ3v) is 4.67. The number of rotatable bonds is 5. The molecule has 1 aromatic heterocycles. The van der Waals surface area contributed by atoms with Crippen molar-refractivity contribution in [2.45, 2.75) is 31.1 Å². The topological polar surface area (TPSA) is 84.0 Å². The molecule has 0 radical (unpaired) electrons. The zero-order valence-electron chi connectivity index (χ0n) is 12.4. The fourth-order valence-electron chi connectivity index (χ4n) is 2.06. The largest absolute Gasteiger partial charge is 0.446 e. The van der Waals surface area contributed by atoms with Crippen molar-refractivity contribution < 1.29 is 12.8 Å². The Bertz CT molecular complexity index is 812. The Balaban J connectivity index is 2.15. The fourth-order valence-corrected chi connectivity index (χ4v) is 2.97. The molecular formula is C16H16N2O3S. The van der Waals surface area contributed by atoms with E-state index in [4.69, 9.17) is 9.68 Å². The van der Waals surface area contributed by atoms with Gasteiger partial charge in [0.25, 0.3) is 0 Å². The highest BCUT2D eigenvalue weighted by atomic mass is 32.2. The third kappa shape index (κ3) is 3.83. The van der Waals surface area contributed by atoms with Crippen molar-refractivity contribution in [2.75, 3.05) is 0 Å². The van der Waals surface area contributed by atoms with Crippen LogP contribution in [0.5, 0.6) is 0 Å². The number of hydrogen-bond acceptors (Lipinski definition) is 5. The van der Waals surface area contributed by atoms with Gasteiger partial charge in [0.15, 0.2) is 5.89 Å². The van der Waals surface area contributed by atoms with Gasteiger partial charge in [-0.05, 0) is 30.5 Å². The van der Waals surface area contributed by atoms with Crippen molar-refractivity contribution in [3.63, 3.8) is 0 Å². The van der Waals surface area contributed by atoms with Gasteiger partial charge in [0.1, 0.15) is 5.76 Å². The Labute approximate surface area is 129 Å². The van der Waals surface area contributed by atoms with Gasteiger partial charge in [-0.1, -0.05) is 19.1 Å². The van der Waals surface area contributed by atoms with Crippen molar-refractivity contribution in [3.05, 3.63) is 59.2 Å². The summed E-state index contributed by atoms with van der Waals surface area (Å²) in [6.07, 6.45) is 3.28. The lowest BCUT2D eigenvalue weighted by Gasteiger charge is -2.10. The summed E-state index contributed by atoms with van der Waals surface area (Å²) in [7, 11) is -3.55. The Morgan fingerprint density at radius 3 is 2.59 bits per heavy atom. The van der Waals surface area contributed by atoms with Gasteiger partial charge in [-0.2, -0.15) is 5.26 Å². The Hall–Kier alpha value is -2.39. The molecule has 0 amide bonds. The standard InChI is InChI=1S/C16H16N2O3S/c1-12(10-16-18-11-13(2)21-16)14-4-6-15(7-5-14)22(19,20)9-3-8-17/h3-7,9,11-12H,10H2,1-2H3. The Morgan fingerprint density at radius 1 is 1.36 bits per heavy atom. The summed E-state index contributed by atoms with van der Waals surface area (Å²) in [6, 6.07) is 8.31. The summed E-state index contributed by atoms with van der Waals surface area (Å²) in [5.41, 5.74) is 0.999. The number of nitriles is 1. The molecule has 0 spiro atoms. The van der Waals surface area contributed by atoms with E-state index in [-0.39, 0.29) is 10.8 Å². The number of benzene rings is 1. The number of aryl methyl sites for hydroxylation is 1. The molecule has 5 nitrogen and oxygen atoms in total. The smallest absolute Gasteiger partial charge is 0.200 e. The average molecular weight is 316 g/mol. The maximum atomic E-state index is 11.9. The molecule has 114 valence electrons. The molecule has 0 fully saturated rings. The van der Waals surface area contributed by atoms with Gasteiger partial charge in [-0.15, -0.1) is 0 Å². The molecule has 0 bridgehead atoms. The first-order chi connectivity index (χ1) is 10.4. The van der Waals surface area contributed by atoms with E-state index in [0.717, 1.165) is 22.8 Å². The minimum atomic E-state index is -3.55. The van der Waals surface area contributed by atoms with Crippen LogP contribution in [0.4, 0.5) is 0 Å². The summed E-state index contributed by atoms with van der Waals surface area (Å²) in [5.74, 6) is 1.59. The van der Waals surface area contributed by atoms with E-state index < -0.39 is 9.84 Å². The van der Waals surface area contributed by atoms with E-state index in [0.29, 0.717) is 12.3 Å². The highest BCUT2D eigenvalue weighted by Crippen LogP contribution is 2.22. The molecule has 2 rings (SSSR count). The molecule has 1 aromatic carbocycles. The second kappa shape index (κ2) is 6.58. The van der Waals surface area contributed by atoms with Crippen LogP contribution in [-0.4, -0.2) is 13.4 Å². The van der Waals surface area contributed by atoms with Crippen LogP contribution in [-0.2, 0) is 16.3 Å². The molecule has 1 atom stereocenters. The SMILES string of the molecule is Cc1cnc(CC(C)c2ccc(S(=O)(=O)C=CC#N)cc2)o1. The van der Waals surface area contributed by atoms with Crippen molar-refractivity contribution in [1.29, 1.82) is 5.26 Å². The summed E-state index contributed by atoms with van der Waals surface area (Å²) in [5, 5.41) is 9.32. The number of sulfone groups is 1. The van der Waals surface area contributed by atoms with Gasteiger partial charge in [0, 0.05) is 17.9 Å². The average Bonchev–Trinajstić information content (AvgIpc) is 2.90. The Kier molecular flexibility index (Phi) is 4.78. The molecule has 6 heteroatoms. The van der Waals surface area contributed by atoms with Crippen LogP contribution in [0.15, 0.2) is 51.3 Å². The van der Waals surface area contributed by atoms with Crippen molar-refractivity contribution in [1.82, 2.24) is 4.98 Å². The molecule has 0 saturated carbocycles. The molecule has 0 aliphatic heterocycles. The highest BCUT2D eigenvalue weighted by Gasteiger charge is 2.13. The molecule has 2 aromatic rings. The van der Waals surface area contributed by atoms with E-state index in [1.54, 1.807) is 36.5 Å². The normalized spacial score (nSPS) is 13.1. The fraction of sp³-hybridized carbons (Fsp3) is 0.250. The van der Waals surface area contributed by atoms with Gasteiger partial charge >= 0.3 is 0 Å². The molecule has 0 saturated heterocycles. The molecule has 0 N–H and O–H groups in total. The van der Waals surface area contributed by atoms with Crippen LogP contribution in [0.1, 0.15) is 30.1 Å². The summed E-state index contributed by atoms with van der Waals surface area (Å²) < 4.78 is 29.3. The minimum absolute atomic E-state index is 0.157. The van der Waals surface area contributed by atoms with Gasteiger partial charge in [-0.3, -0.25) is 0 Å². The number of aromatic nitrogens is 1. The maximum Gasteiger partial charge on any atom is 0.200 e. The summed E-state index contributed by atoms with van der Waals surface area (Å²) >= 11 is 0. The molecular weight excluding hydrogens is 300 g/mol. The predicted octanol–water partition coefficient (Wildman–Crippen LogP) is 3.14. The van der Waals surface area contributed by atoms with Crippen LogP contribution in [0.3, 0.4) is 0 Å². The van der Waals surface area contributed by atoms with E-state index in [1.807, 2.05) is 13.8 Å². The molecule has 22 heavy (non-hydrogen) atoms. The van der Waals surface area contributed by atoms with Crippen LogP contribution in [0, 0.1) is 18.3 Å². The lowest BCUT2D eigenvalue weighted by atomic mass is 9.98. The van der Waals surface area contributed by atoms with Gasteiger partial charge in [-0.25, -0.2) is 13.4 Å². The maximum absolute atomic E-state index is 11.9.